The van der Waals surface area contributed by atoms with Crippen LogP contribution in [0.1, 0.15) is 33.5 Å². The van der Waals surface area contributed by atoms with Gasteiger partial charge in [0.15, 0.2) is 0 Å². The number of aromatic amines is 1. The first-order valence-electron chi connectivity index (χ1n) is 11.3. The zero-order chi connectivity index (χ0) is 22.2. The molecule has 1 aromatic heterocycles. The highest BCUT2D eigenvalue weighted by Gasteiger charge is 2.51. The normalized spacial score (nSPS) is 14.5. The lowest BCUT2D eigenvalue weighted by Crippen LogP contribution is -2.25. The van der Waals surface area contributed by atoms with Crippen LogP contribution in [0.5, 0.6) is 0 Å². The molecule has 5 aromatic rings. The molecule has 1 heterocycles. The Bertz CT molecular complexity index is 1600. The lowest BCUT2D eigenvalue weighted by Gasteiger charge is -2.30. The van der Waals surface area contributed by atoms with Crippen LogP contribution in [-0.2, 0) is 5.41 Å². The molecule has 2 nitrogen and oxygen atoms in total. The molecule has 1 N–H and O–H groups in total. The smallest absolute Gasteiger partial charge is 0.0726 e. The summed E-state index contributed by atoms with van der Waals surface area (Å²) in [6.45, 7) is 4.08. The summed E-state index contributed by atoms with van der Waals surface area (Å²) in [4.78, 5) is 7.97. The molecule has 0 radical (unpaired) electrons. The predicted molar refractivity (Wildman–Crippen MR) is 138 cm³/mol. The van der Waals surface area contributed by atoms with Gasteiger partial charge in [0, 0.05) is 29.8 Å². The van der Waals surface area contributed by atoms with E-state index in [2.05, 4.69) is 101 Å². The van der Waals surface area contributed by atoms with Gasteiger partial charge in [-0.25, -0.2) is 0 Å². The minimum absolute atomic E-state index is 0.314. The van der Waals surface area contributed by atoms with Gasteiger partial charge in [0.25, 0.3) is 0 Å². The fraction of sp³-hybridized carbons (Fsp3) is 0.0645. The Balaban J connectivity index is 1.70. The number of nitrogens with one attached hydrogen (secondary N) is 1. The van der Waals surface area contributed by atoms with E-state index in [0.717, 1.165) is 16.8 Å². The largest absolute Gasteiger partial charge is 0.353 e. The van der Waals surface area contributed by atoms with Crippen LogP contribution in [0.4, 0.5) is 0 Å². The minimum Gasteiger partial charge on any atom is -0.353 e. The van der Waals surface area contributed by atoms with Crippen molar-refractivity contribution in [3.05, 3.63) is 125 Å². The van der Waals surface area contributed by atoms with E-state index in [0.29, 0.717) is 0 Å². The molecule has 2 aliphatic carbocycles. The lowest BCUT2D eigenvalue weighted by molar-refractivity contribution is 0.794. The van der Waals surface area contributed by atoms with Crippen LogP contribution in [0.15, 0.2) is 96.5 Å². The van der Waals surface area contributed by atoms with E-state index in [4.69, 9.17) is 0 Å². The molecule has 0 amide bonds. The summed E-state index contributed by atoms with van der Waals surface area (Å²) in [5, 5.41) is 1.19. The molecule has 33 heavy (non-hydrogen) atoms. The van der Waals surface area contributed by atoms with E-state index < -0.39 is 0 Å². The molecule has 0 aliphatic heterocycles. The van der Waals surface area contributed by atoms with Crippen molar-refractivity contribution in [2.75, 3.05) is 7.05 Å². The summed E-state index contributed by atoms with van der Waals surface area (Å²) in [5.74, 6) is 0. The highest BCUT2D eigenvalue weighted by molar-refractivity contribution is 6.09. The van der Waals surface area contributed by atoms with Crippen LogP contribution in [0.2, 0.25) is 0 Å². The zero-order valence-corrected chi connectivity index (χ0v) is 18.4. The van der Waals surface area contributed by atoms with E-state index in [-0.39, 0.29) is 5.41 Å². The molecule has 1 spiro atoms. The summed E-state index contributed by atoms with van der Waals surface area (Å²) >= 11 is 0. The molecule has 156 valence electrons. The summed E-state index contributed by atoms with van der Waals surface area (Å²) in [7, 11) is 1.81. The molecule has 0 saturated heterocycles. The molecule has 0 bridgehead atoms. The van der Waals surface area contributed by atoms with Gasteiger partial charge in [-0.15, -0.1) is 0 Å². The number of rotatable bonds is 2. The zero-order valence-electron chi connectivity index (χ0n) is 18.4. The Labute approximate surface area is 193 Å². The van der Waals surface area contributed by atoms with E-state index in [9.17, 15) is 0 Å². The van der Waals surface area contributed by atoms with E-state index >= 15 is 0 Å². The number of fused-ring (bicyclic) bond motifs is 12. The fourth-order valence-corrected chi connectivity index (χ4v) is 6.34. The van der Waals surface area contributed by atoms with Crippen LogP contribution in [0.3, 0.4) is 0 Å². The maximum atomic E-state index is 4.27. The quantitative estimate of drug-likeness (QED) is 0.285. The van der Waals surface area contributed by atoms with E-state index in [1.165, 1.54) is 49.9 Å². The molecule has 4 aromatic carbocycles. The Morgan fingerprint density at radius 3 is 1.91 bits per heavy atom. The molecule has 0 unspecified atom stereocenters. The first kappa shape index (κ1) is 18.4. The molecule has 0 atom stereocenters. The molecule has 0 saturated carbocycles. The van der Waals surface area contributed by atoms with Gasteiger partial charge < -0.3 is 4.98 Å². The second-order valence-electron chi connectivity index (χ2n) is 8.84. The molecular formula is C31H22N2. The van der Waals surface area contributed by atoms with Crippen molar-refractivity contribution < 1.29 is 0 Å². The second kappa shape index (κ2) is 6.43. The third-order valence-corrected chi connectivity index (χ3v) is 7.46. The average Bonchev–Trinajstić information content (AvgIpc) is 3.47. The number of benzene rings is 4. The number of hydrogen-bond donors (Lipinski definition) is 1. The Morgan fingerprint density at radius 1 is 0.727 bits per heavy atom. The molecular weight excluding hydrogens is 400 g/mol. The molecule has 0 fully saturated rings. The third kappa shape index (κ3) is 2.06. The third-order valence-electron chi connectivity index (χ3n) is 7.46. The summed E-state index contributed by atoms with van der Waals surface area (Å²) in [6.07, 6.45) is 3.82. The van der Waals surface area contributed by atoms with Crippen molar-refractivity contribution in [1.82, 2.24) is 4.98 Å². The Kier molecular flexibility index (Phi) is 3.58. The van der Waals surface area contributed by atoms with Crippen molar-refractivity contribution in [3.63, 3.8) is 0 Å². The summed E-state index contributed by atoms with van der Waals surface area (Å²) < 4.78 is 0. The number of aromatic nitrogens is 1. The van der Waals surface area contributed by atoms with E-state index in [1.807, 2.05) is 12.3 Å². The Hall–Kier alpha value is -4.17. The van der Waals surface area contributed by atoms with Crippen LogP contribution in [-0.4, -0.2) is 18.2 Å². The number of H-pyrrole nitrogens is 1. The van der Waals surface area contributed by atoms with Gasteiger partial charge in [0.1, 0.15) is 0 Å². The standard InChI is InChI=1S/C31H22N2/c1-3-19-22-16-17-27-29(30(22)33-28(19)18-32-2)23-12-6-9-15-26(23)31(27)24-13-7-4-10-20(24)21-11-5-8-14-25(21)31/h3-18,33H,1H2,2H3. The number of hydrogen-bond acceptors (Lipinski definition) is 1. The average molecular weight is 423 g/mol. The van der Waals surface area contributed by atoms with Gasteiger partial charge >= 0.3 is 0 Å². The lowest BCUT2D eigenvalue weighted by atomic mass is 9.70. The number of aliphatic imine (C=N–C) groups is 1. The predicted octanol–water partition coefficient (Wildman–Crippen LogP) is 7.20. The van der Waals surface area contributed by atoms with Crippen molar-refractivity contribution in [2.45, 2.75) is 5.41 Å². The fourth-order valence-electron chi connectivity index (χ4n) is 6.34. The number of nitrogens with zero attached hydrogens (tertiary/aromatic N) is 1. The first-order valence-corrected chi connectivity index (χ1v) is 11.3. The van der Waals surface area contributed by atoms with Gasteiger partial charge in [0.2, 0.25) is 0 Å². The van der Waals surface area contributed by atoms with Crippen LogP contribution in [0.25, 0.3) is 39.2 Å². The maximum absolute atomic E-state index is 4.27. The highest BCUT2D eigenvalue weighted by Crippen LogP contribution is 2.63. The van der Waals surface area contributed by atoms with Crippen molar-refractivity contribution in [2.24, 2.45) is 4.99 Å². The van der Waals surface area contributed by atoms with Gasteiger partial charge in [-0.2, -0.15) is 0 Å². The monoisotopic (exact) mass is 422 g/mol. The topological polar surface area (TPSA) is 28.1 Å². The minimum atomic E-state index is -0.314. The molecule has 7 rings (SSSR count). The Morgan fingerprint density at radius 2 is 1.30 bits per heavy atom. The first-order chi connectivity index (χ1) is 16.3. The molecule has 2 aliphatic rings. The van der Waals surface area contributed by atoms with Gasteiger partial charge in [-0.1, -0.05) is 97.6 Å². The van der Waals surface area contributed by atoms with Crippen LogP contribution in [0, 0.1) is 0 Å². The van der Waals surface area contributed by atoms with Gasteiger partial charge in [0.05, 0.1) is 16.6 Å². The van der Waals surface area contributed by atoms with Crippen molar-refractivity contribution >= 4 is 23.2 Å². The highest BCUT2D eigenvalue weighted by atomic mass is 14.8. The van der Waals surface area contributed by atoms with Crippen molar-refractivity contribution in [3.8, 4) is 22.3 Å². The maximum Gasteiger partial charge on any atom is 0.0726 e. The van der Waals surface area contributed by atoms with Gasteiger partial charge in [-0.05, 0) is 38.9 Å². The van der Waals surface area contributed by atoms with E-state index in [1.54, 1.807) is 7.05 Å². The van der Waals surface area contributed by atoms with Crippen LogP contribution >= 0.6 is 0 Å². The van der Waals surface area contributed by atoms with Crippen LogP contribution < -0.4 is 0 Å². The van der Waals surface area contributed by atoms with Gasteiger partial charge in [-0.3, -0.25) is 4.99 Å². The SMILES string of the molecule is C=Cc1c(C=NC)[nH]c2c3c(ccc12)C1(c2ccccc2-c2ccccc21)c1ccccc1-3. The van der Waals surface area contributed by atoms with Crippen molar-refractivity contribution in [1.29, 1.82) is 0 Å². The molecule has 2 heteroatoms. The second-order valence-corrected chi connectivity index (χ2v) is 8.84. The summed E-state index contributed by atoms with van der Waals surface area (Å²) in [5.41, 5.74) is 13.6. The summed E-state index contributed by atoms with van der Waals surface area (Å²) in [6, 6.07) is 31.3.